The molecule has 0 aromatic heterocycles. The van der Waals surface area contributed by atoms with Gasteiger partial charge in [-0.2, -0.15) is 0 Å². The molecule has 0 bridgehead atoms. The first kappa shape index (κ1) is 12.1. The number of thiol groups is 2. The van der Waals surface area contributed by atoms with Crippen molar-refractivity contribution in [2.24, 2.45) is 0 Å². The van der Waals surface area contributed by atoms with Crippen LogP contribution in [-0.2, 0) is 8.37 Å². The molecule has 0 N–H and O–H groups in total. The monoisotopic (exact) mass is 243 g/mol. The molecule has 0 amide bonds. The normalized spacial score (nSPS) is 9.33. The summed E-state index contributed by atoms with van der Waals surface area (Å²) in [7, 11) is 3.98. The molecule has 0 heterocycles. The summed E-state index contributed by atoms with van der Waals surface area (Å²) < 4.78 is 9.26. The van der Waals surface area contributed by atoms with E-state index in [9.17, 15) is 0 Å². The van der Waals surface area contributed by atoms with Gasteiger partial charge in [0.25, 0.3) is 0 Å². The van der Waals surface area contributed by atoms with Crippen molar-refractivity contribution in [1.29, 1.82) is 0 Å². The molecule has 5 heteroatoms. The van der Waals surface area contributed by atoms with E-state index >= 15 is 0 Å². The summed E-state index contributed by atoms with van der Waals surface area (Å²) in [5.74, 6) is 0.235. The third-order valence-electron chi connectivity index (χ3n) is 1.87. The Labute approximate surface area is 101 Å². The molecule has 0 unspecified atom stereocenters. The van der Waals surface area contributed by atoms with E-state index in [1.807, 2.05) is 43.3 Å². The second-order valence-corrected chi connectivity index (χ2v) is 3.50. The Balaban J connectivity index is 2.84. The molecule has 1 rings (SSSR count). The van der Waals surface area contributed by atoms with E-state index in [4.69, 9.17) is 0 Å². The average Bonchev–Trinajstić information content (AvgIpc) is 2.26. The Morgan fingerprint density at radius 2 is 1.67 bits per heavy atom. The molecule has 0 aliphatic heterocycles. The minimum Gasteiger partial charge on any atom is -0.394 e. The van der Waals surface area contributed by atoms with Gasteiger partial charge >= 0.3 is 5.95 Å². The van der Waals surface area contributed by atoms with E-state index in [2.05, 4.69) is 34.2 Å². The van der Waals surface area contributed by atoms with Crippen LogP contribution >= 0.6 is 25.8 Å². The minimum absolute atomic E-state index is 0.235. The third kappa shape index (κ3) is 3.60. The van der Waals surface area contributed by atoms with E-state index in [-0.39, 0.29) is 5.95 Å². The number of benzene rings is 1. The summed E-state index contributed by atoms with van der Waals surface area (Å²) in [5.41, 5.74) is 2.09. The van der Waals surface area contributed by atoms with Crippen molar-refractivity contribution in [1.82, 2.24) is 0 Å². The summed E-state index contributed by atoms with van der Waals surface area (Å²) in [6, 6.07) is 7.91. The van der Waals surface area contributed by atoms with Crippen LogP contribution in [0.4, 0.5) is 5.69 Å². The van der Waals surface area contributed by atoms with Crippen molar-refractivity contribution >= 4 is 37.6 Å². The van der Waals surface area contributed by atoms with Crippen LogP contribution in [0, 0.1) is 0 Å². The molecule has 0 saturated heterocycles. The Morgan fingerprint density at radius 3 is 2.07 bits per heavy atom. The van der Waals surface area contributed by atoms with Gasteiger partial charge in [-0.3, -0.25) is 0 Å². The van der Waals surface area contributed by atoms with Gasteiger partial charge in [-0.1, -0.05) is 12.1 Å². The lowest BCUT2D eigenvalue weighted by Gasteiger charge is -2.11. The largest absolute Gasteiger partial charge is 0.394 e. The molecule has 0 aliphatic rings. The van der Waals surface area contributed by atoms with Crippen molar-refractivity contribution in [2.75, 3.05) is 19.0 Å². The van der Waals surface area contributed by atoms with Gasteiger partial charge in [-0.05, 0) is 17.7 Å². The van der Waals surface area contributed by atoms with Crippen molar-refractivity contribution < 1.29 is 8.37 Å². The zero-order valence-electron chi connectivity index (χ0n) is 8.54. The predicted octanol–water partition coefficient (Wildman–Crippen LogP) is 2.77. The fourth-order valence-corrected chi connectivity index (χ4v) is 1.31. The topological polar surface area (TPSA) is 21.7 Å². The minimum atomic E-state index is 0.235. The molecule has 0 spiro atoms. The molecule has 0 saturated carbocycles. The molecule has 15 heavy (non-hydrogen) atoms. The number of rotatable bonds is 4. The van der Waals surface area contributed by atoms with E-state index in [1.54, 1.807) is 6.08 Å². The number of hydrogen-bond acceptors (Lipinski definition) is 5. The predicted molar refractivity (Wildman–Crippen MR) is 68.9 cm³/mol. The molecule has 3 nitrogen and oxygen atoms in total. The second kappa shape index (κ2) is 5.82. The highest BCUT2D eigenvalue weighted by molar-refractivity contribution is 7.75. The van der Waals surface area contributed by atoms with Crippen LogP contribution in [-0.4, -0.2) is 14.1 Å². The van der Waals surface area contributed by atoms with E-state index in [0.717, 1.165) is 11.3 Å². The quantitative estimate of drug-likeness (QED) is 0.482. The molecule has 82 valence electrons. The molecule has 0 fully saturated rings. The van der Waals surface area contributed by atoms with Crippen LogP contribution in [0.2, 0.25) is 0 Å². The Morgan fingerprint density at radius 1 is 1.13 bits per heavy atom. The lowest BCUT2D eigenvalue weighted by molar-refractivity contribution is 0.299. The lowest BCUT2D eigenvalue weighted by atomic mass is 10.2. The van der Waals surface area contributed by atoms with Gasteiger partial charge in [-0.15, -0.1) is 0 Å². The van der Waals surface area contributed by atoms with Gasteiger partial charge in [0.05, 0.1) is 0 Å². The van der Waals surface area contributed by atoms with Crippen LogP contribution < -0.4 is 4.90 Å². The number of hydrogen-bond donors (Lipinski definition) is 2. The molecule has 0 aliphatic carbocycles. The first-order valence-corrected chi connectivity index (χ1v) is 5.02. The third-order valence-corrected chi connectivity index (χ3v) is 2.23. The van der Waals surface area contributed by atoms with E-state index in [1.165, 1.54) is 0 Å². The van der Waals surface area contributed by atoms with Crippen molar-refractivity contribution in [3.05, 3.63) is 35.8 Å². The number of nitrogens with zero attached hydrogens (tertiary/aromatic N) is 1. The first-order valence-electron chi connectivity index (χ1n) is 4.29. The van der Waals surface area contributed by atoms with Crippen LogP contribution in [0.15, 0.2) is 30.2 Å². The summed E-state index contributed by atoms with van der Waals surface area (Å²) >= 11 is 7.26. The van der Waals surface area contributed by atoms with E-state index < -0.39 is 0 Å². The maximum absolute atomic E-state index is 4.63. The van der Waals surface area contributed by atoms with Crippen molar-refractivity contribution in [3.63, 3.8) is 0 Å². The maximum Gasteiger partial charge on any atom is 0.304 e. The first-order chi connectivity index (χ1) is 7.17. The molecular formula is C10H13NO2S2. The zero-order valence-corrected chi connectivity index (χ0v) is 10.3. The Bertz CT molecular complexity index is 330. The van der Waals surface area contributed by atoms with Gasteiger partial charge < -0.3 is 13.3 Å². The SMILES string of the molecule is CN(C)c1ccc(C=C(OS)OS)cc1. The van der Waals surface area contributed by atoms with Gasteiger partial charge in [0, 0.05) is 51.7 Å². The summed E-state index contributed by atoms with van der Waals surface area (Å²) in [4.78, 5) is 2.03. The molecule has 1 aromatic rings. The van der Waals surface area contributed by atoms with Crippen molar-refractivity contribution in [2.45, 2.75) is 0 Å². The van der Waals surface area contributed by atoms with Gasteiger partial charge in [0.2, 0.25) is 0 Å². The molecule has 0 atom stereocenters. The zero-order chi connectivity index (χ0) is 11.3. The van der Waals surface area contributed by atoms with Gasteiger partial charge in [0.1, 0.15) is 0 Å². The maximum atomic E-state index is 4.63. The van der Waals surface area contributed by atoms with Crippen molar-refractivity contribution in [3.8, 4) is 0 Å². The van der Waals surface area contributed by atoms with Crippen LogP contribution in [0.1, 0.15) is 5.56 Å². The van der Waals surface area contributed by atoms with E-state index in [0.29, 0.717) is 0 Å². The Kier molecular flexibility index (Phi) is 4.71. The highest BCUT2D eigenvalue weighted by Crippen LogP contribution is 2.16. The summed E-state index contributed by atoms with van der Waals surface area (Å²) in [6.45, 7) is 0. The van der Waals surface area contributed by atoms with Crippen LogP contribution in [0.25, 0.3) is 6.08 Å². The number of anilines is 1. The van der Waals surface area contributed by atoms with Crippen LogP contribution in [0.5, 0.6) is 0 Å². The molecular weight excluding hydrogens is 230 g/mol. The fraction of sp³-hybridized carbons (Fsp3) is 0.200. The Hall–Kier alpha value is -0.940. The molecule has 0 radical (unpaired) electrons. The average molecular weight is 243 g/mol. The van der Waals surface area contributed by atoms with Gasteiger partial charge in [0.15, 0.2) is 0 Å². The smallest absolute Gasteiger partial charge is 0.304 e. The standard InChI is InChI=1S/C10H13NO2S2/c1-11(2)9-5-3-8(4-6-9)7-10(12-14)13-15/h3-7,14-15H,1-2H3. The van der Waals surface area contributed by atoms with Crippen LogP contribution in [0.3, 0.4) is 0 Å². The molecule has 1 aromatic carbocycles. The fourth-order valence-electron chi connectivity index (χ4n) is 1.07. The highest BCUT2D eigenvalue weighted by Gasteiger charge is 1.98. The highest BCUT2D eigenvalue weighted by atomic mass is 32.1. The van der Waals surface area contributed by atoms with Gasteiger partial charge in [-0.25, -0.2) is 0 Å². The summed E-state index contributed by atoms with van der Waals surface area (Å²) in [6.07, 6.45) is 1.69. The lowest BCUT2D eigenvalue weighted by Crippen LogP contribution is -2.07. The second-order valence-electron chi connectivity index (χ2n) is 3.13. The summed E-state index contributed by atoms with van der Waals surface area (Å²) in [5, 5.41) is 0.